The van der Waals surface area contributed by atoms with E-state index in [1.54, 1.807) is 47.6 Å². The van der Waals surface area contributed by atoms with Gasteiger partial charge in [-0.3, -0.25) is 52.7 Å². The van der Waals surface area contributed by atoms with Crippen molar-refractivity contribution in [1.82, 2.24) is 55.6 Å². The second kappa shape index (κ2) is 37.3. The van der Waals surface area contributed by atoms with E-state index < -0.39 is 156 Å². The molecule has 0 aromatic carbocycles. The Hall–Kier alpha value is -6.13. The minimum Gasteiger partial charge on any atom is -0.390 e. The fourth-order valence-electron chi connectivity index (χ4n) is 11.6. The highest BCUT2D eigenvalue weighted by molar-refractivity contribution is 5.99. The summed E-state index contributed by atoms with van der Waals surface area (Å²) in [4.78, 5) is 171. The van der Waals surface area contributed by atoms with Crippen molar-refractivity contribution < 1.29 is 57.8 Å². The van der Waals surface area contributed by atoms with Crippen LogP contribution in [0, 0.1) is 47.3 Å². The van der Waals surface area contributed by atoms with Crippen molar-refractivity contribution in [3.05, 3.63) is 12.2 Å². The quantitative estimate of drug-likeness (QED) is 0.117. The second-order valence-electron chi connectivity index (χ2n) is 27.7. The van der Waals surface area contributed by atoms with Gasteiger partial charge in [-0.1, -0.05) is 129 Å². The first-order chi connectivity index (χ1) is 41.1. The van der Waals surface area contributed by atoms with E-state index in [1.807, 2.05) is 82.2 Å². The minimum atomic E-state index is -1.61. The van der Waals surface area contributed by atoms with E-state index in [2.05, 4.69) is 21.3 Å². The molecule has 13 atom stereocenters. The Bertz CT molecular complexity index is 2410. The van der Waals surface area contributed by atoms with Crippen LogP contribution >= 0.6 is 0 Å². The molecule has 1 rings (SSSR count). The summed E-state index contributed by atoms with van der Waals surface area (Å²) in [7, 11) is 10.0. The Kier molecular flexibility index (Phi) is 33.9. The number of rotatable bonds is 18. The van der Waals surface area contributed by atoms with Crippen LogP contribution in [0.4, 0.5) is 0 Å². The van der Waals surface area contributed by atoms with Crippen molar-refractivity contribution in [3.8, 4) is 0 Å². The van der Waals surface area contributed by atoms with E-state index in [0.29, 0.717) is 12.8 Å². The third kappa shape index (κ3) is 23.3. The van der Waals surface area contributed by atoms with Gasteiger partial charge in [0, 0.05) is 49.3 Å². The van der Waals surface area contributed by atoms with Gasteiger partial charge in [0.05, 0.1) is 12.6 Å². The van der Waals surface area contributed by atoms with Crippen molar-refractivity contribution in [3.63, 3.8) is 0 Å². The van der Waals surface area contributed by atoms with Crippen molar-refractivity contribution in [2.24, 2.45) is 47.3 Å². The van der Waals surface area contributed by atoms with Gasteiger partial charge >= 0.3 is 0 Å². The fraction of sp³-hybridized carbons (Fsp3) is 0.803. The third-order valence-electron chi connectivity index (χ3n) is 17.2. The van der Waals surface area contributed by atoms with Crippen LogP contribution in [0.25, 0.3) is 0 Å². The summed E-state index contributed by atoms with van der Waals surface area (Å²) in [6, 6.07) is -12.3. The van der Waals surface area contributed by atoms with Gasteiger partial charge in [-0.15, -0.1) is 0 Å². The minimum absolute atomic E-state index is 0.0225. The largest absolute Gasteiger partial charge is 0.390 e. The van der Waals surface area contributed by atoms with Gasteiger partial charge in [0.25, 0.3) is 0 Å². The highest BCUT2D eigenvalue weighted by Crippen LogP contribution is 2.26. The maximum atomic E-state index is 15.2. The first-order valence-corrected chi connectivity index (χ1v) is 32.5. The molecule has 0 bridgehead atoms. The highest BCUT2D eigenvalue weighted by atomic mass is 16.3. The van der Waals surface area contributed by atoms with Crippen LogP contribution in [0.2, 0.25) is 0 Å². The SMILES string of the molecule is C/C=C/C[C@@H](C)[C@@H](O)[C@H]1C(=O)N[C@@H](CC)C(=O)N(C)CC(=O)N(C)[C@@H](C(C)CC)C(=O)N[C@@H](CC(C)C)C(=O)N(C)[C@@H](CC(C)C)C(=O)N[C@@H](CC(C)C)C(=O)N[C@H](C)C(=O)N(C)[C@@H](CC(C)C)C(=O)N(C)[C@H](CC(C)C)C(=O)N(C)[C@@H](C(C)C)C(=O)N1C. The number of carbonyl (C=O) groups excluding carboxylic acids is 11. The smallest absolute Gasteiger partial charge is 0.246 e. The molecule has 1 saturated heterocycles. The lowest BCUT2D eigenvalue weighted by molar-refractivity contribution is -0.157. The van der Waals surface area contributed by atoms with Crippen LogP contribution in [0.3, 0.4) is 0 Å². The van der Waals surface area contributed by atoms with E-state index in [-0.39, 0.29) is 68.1 Å². The third-order valence-corrected chi connectivity index (χ3v) is 17.2. The number of allylic oxidation sites excluding steroid dienone is 2. The van der Waals surface area contributed by atoms with Crippen LogP contribution in [-0.4, -0.2) is 227 Å². The van der Waals surface area contributed by atoms with Crippen molar-refractivity contribution in [1.29, 1.82) is 0 Å². The Labute approximate surface area is 534 Å². The van der Waals surface area contributed by atoms with E-state index >= 15 is 14.4 Å². The molecule has 89 heavy (non-hydrogen) atoms. The fourth-order valence-corrected chi connectivity index (χ4v) is 11.6. The summed E-state index contributed by atoms with van der Waals surface area (Å²) in [5, 5.41) is 23.5. The number of aliphatic hydroxyl groups excluding tert-OH is 1. The molecular weight excluding hydrogens is 1140 g/mol. The van der Waals surface area contributed by atoms with Gasteiger partial charge in [-0.05, 0) is 106 Å². The van der Waals surface area contributed by atoms with Crippen molar-refractivity contribution >= 4 is 65.0 Å². The number of amides is 11. The van der Waals surface area contributed by atoms with Gasteiger partial charge in [0.1, 0.15) is 60.4 Å². The zero-order valence-electron chi connectivity index (χ0n) is 59.1. The molecule has 1 fully saturated rings. The second-order valence-corrected chi connectivity index (χ2v) is 27.7. The van der Waals surface area contributed by atoms with E-state index in [4.69, 9.17) is 0 Å². The number of hydrogen-bond donors (Lipinski definition) is 5. The molecule has 1 aliphatic rings. The van der Waals surface area contributed by atoms with E-state index in [9.17, 15) is 43.5 Å². The standard InChI is InChI=1S/C66H119N11O12/c1-26-29-30-44(17)56(79)55-60(83)68-46(28-3)62(85)71(19)36-52(78)75(23)54(43(16)27-2)59(82)70-48(32-38(6)7)63(86)72(20)49(33-39(8)9)58(81)69-47(31-37(4)5)57(80)67-45(18)61(84)73(21)50(34-40(10)11)64(87)74(22)51(35-41(12)13)65(88)76(24)53(42(14)15)66(89)77(55)25/h26,29,37-51,53-56,79H,27-28,30-36H2,1-25H3,(H,67,80)(H,68,83)(H,69,81)(H,70,82)/b29-26+/t43?,44-,45-,46+,47+,48+,49+,50+,51-,53+,54+,55+,56-/m1/s1. The van der Waals surface area contributed by atoms with E-state index in [1.165, 1.54) is 80.8 Å². The Balaban J connectivity index is 4.45. The van der Waals surface area contributed by atoms with Gasteiger partial charge in [-0.25, -0.2) is 0 Å². The number of hydrogen-bond acceptors (Lipinski definition) is 12. The lowest BCUT2D eigenvalue weighted by atomic mass is 9.91. The van der Waals surface area contributed by atoms with Crippen molar-refractivity contribution in [2.45, 2.75) is 243 Å². The van der Waals surface area contributed by atoms with Crippen LogP contribution in [0.1, 0.15) is 176 Å². The molecule has 0 aromatic heterocycles. The molecule has 0 aromatic rings. The number of aliphatic hydroxyl groups is 1. The molecule has 1 unspecified atom stereocenters. The predicted octanol–water partition coefficient (Wildman–Crippen LogP) is 4.69. The van der Waals surface area contributed by atoms with E-state index in [0.717, 1.165) is 9.80 Å². The Morgan fingerprint density at radius 1 is 0.449 bits per heavy atom. The van der Waals surface area contributed by atoms with Gasteiger partial charge in [0.15, 0.2) is 0 Å². The molecule has 1 heterocycles. The molecule has 0 saturated carbocycles. The zero-order chi connectivity index (χ0) is 69.0. The molecule has 5 N–H and O–H groups in total. The summed E-state index contributed by atoms with van der Waals surface area (Å²) in [5.74, 6) is -9.66. The lowest BCUT2D eigenvalue weighted by Crippen LogP contribution is -2.63. The zero-order valence-corrected chi connectivity index (χ0v) is 59.1. The topological polar surface area (TPSA) is 279 Å². The number of carbonyl (C=O) groups is 11. The van der Waals surface area contributed by atoms with Crippen molar-refractivity contribution in [2.75, 3.05) is 55.9 Å². The number of nitrogens with zero attached hydrogens (tertiary/aromatic N) is 7. The molecule has 23 nitrogen and oxygen atoms in total. The maximum absolute atomic E-state index is 15.2. The molecular formula is C66H119N11O12. The van der Waals surface area contributed by atoms with Gasteiger partial charge < -0.3 is 60.7 Å². The van der Waals surface area contributed by atoms with Gasteiger partial charge in [0.2, 0.25) is 65.0 Å². The van der Waals surface area contributed by atoms with Crippen LogP contribution in [0.15, 0.2) is 12.2 Å². The summed E-state index contributed by atoms with van der Waals surface area (Å²) < 4.78 is 0. The average Bonchev–Trinajstić information content (AvgIpc) is 0.956. The molecule has 1 aliphatic heterocycles. The van der Waals surface area contributed by atoms with Crippen LogP contribution in [0.5, 0.6) is 0 Å². The van der Waals surface area contributed by atoms with Gasteiger partial charge in [-0.2, -0.15) is 0 Å². The first kappa shape index (κ1) is 80.9. The monoisotopic (exact) mass is 1260 g/mol. The average molecular weight is 1260 g/mol. The predicted molar refractivity (Wildman–Crippen MR) is 347 cm³/mol. The Morgan fingerprint density at radius 2 is 0.865 bits per heavy atom. The number of likely N-dealkylation sites (N-methyl/N-ethyl adjacent to an activating group) is 7. The number of nitrogens with one attached hydrogen (secondary N) is 4. The van der Waals surface area contributed by atoms with Crippen LogP contribution in [-0.2, 0) is 52.7 Å². The summed E-state index contributed by atoms with van der Waals surface area (Å²) in [6.07, 6.45) is 3.62. The van der Waals surface area contributed by atoms with Crippen LogP contribution < -0.4 is 21.3 Å². The highest BCUT2D eigenvalue weighted by Gasteiger charge is 2.46. The maximum Gasteiger partial charge on any atom is 0.246 e. The lowest BCUT2D eigenvalue weighted by Gasteiger charge is -2.41. The first-order valence-electron chi connectivity index (χ1n) is 32.5. The summed E-state index contributed by atoms with van der Waals surface area (Å²) in [6.45, 7) is 32.0. The summed E-state index contributed by atoms with van der Waals surface area (Å²) in [5.41, 5.74) is 0. The molecule has 0 aliphatic carbocycles. The molecule has 510 valence electrons. The molecule has 23 heteroatoms. The summed E-state index contributed by atoms with van der Waals surface area (Å²) >= 11 is 0. The molecule has 0 radical (unpaired) electrons. The molecule has 0 spiro atoms. The normalized spacial score (nSPS) is 26.6. The Morgan fingerprint density at radius 3 is 1.33 bits per heavy atom. The molecule has 11 amide bonds.